The van der Waals surface area contributed by atoms with E-state index in [1.165, 1.54) is 0 Å². The molecule has 0 amide bonds. The number of hydrogen-bond acceptors (Lipinski definition) is 3. The quantitative estimate of drug-likeness (QED) is 0.837. The molecule has 1 aliphatic heterocycles. The van der Waals surface area contributed by atoms with Crippen LogP contribution in [0.1, 0.15) is 11.1 Å². The van der Waals surface area contributed by atoms with Gasteiger partial charge in [0.15, 0.2) is 0 Å². The van der Waals surface area contributed by atoms with Crippen molar-refractivity contribution in [3.8, 4) is 5.75 Å². The van der Waals surface area contributed by atoms with Crippen molar-refractivity contribution in [3.05, 3.63) is 63.6 Å². The van der Waals surface area contributed by atoms with Gasteiger partial charge in [-0.05, 0) is 29.8 Å². The molecule has 126 valence electrons. The van der Waals surface area contributed by atoms with Gasteiger partial charge in [0.05, 0.1) is 5.92 Å². The molecule has 4 nitrogen and oxygen atoms in total. The van der Waals surface area contributed by atoms with Crippen molar-refractivity contribution in [2.75, 3.05) is 13.1 Å². The number of nitrogens with zero attached hydrogens (tertiary/aromatic N) is 1. The average molecular weight is 366 g/mol. The molecule has 3 rings (SSSR count). The first kappa shape index (κ1) is 17.1. The number of halogens is 2. The van der Waals surface area contributed by atoms with E-state index >= 15 is 0 Å². The van der Waals surface area contributed by atoms with Crippen LogP contribution in [0.3, 0.4) is 0 Å². The molecule has 1 aliphatic rings. The summed E-state index contributed by atoms with van der Waals surface area (Å²) in [6, 6.07) is 13.1. The SMILES string of the molecule is O=C(O)C1CN(Cc2ccc(OCc3ccc(Cl)cc3Cl)cc2)C1. The first-order chi connectivity index (χ1) is 11.5. The fourth-order valence-electron chi connectivity index (χ4n) is 2.60. The molecule has 0 aliphatic carbocycles. The van der Waals surface area contributed by atoms with Crippen LogP contribution in [0.2, 0.25) is 10.0 Å². The number of ether oxygens (including phenoxy) is 1. The highest BCUT2D eigenvalue weighted by atomic mass is 35.5. The van der Waals surface area contributed by atoms with Crippen LogP contribution >= 0.6 is 23.2 Å². The molecule has 0 spiro atoms. The fraction of sp³-hybridized carbons (Fsp3) is 0.278. The number of carboxylic acids is 1. The van der Waals surface area contributed by atoms with Gasteiger partial charge in [-0.25, -0.2) is 0 Å². The molecule has 0 saturated carbocycles. The molecule has 6 heteroatoms. The molecule has 0 aromatic heterocycles. The van der Waals surface area contributed by atoms with Crippen molar-refractivity contribution in [3.63, 3.8) is 0 Å². The summed E-state index contributed by atoms with van der Waals surface area (Å²) < 4.78 is 5.74. The van der Waals surface area contributed by atoms with Crippen molar-refractivity contribution in [2.24, 2.45) is 5.92 Å². The van der Waals surface area contributed by atoms with Crippen molar-refractivity contribution >= 4 is 29.2 Å². The summed E-state index contributed by atoms with van der Waals surface area (Å²) in [4.78, 5) is 12.9. The van der Waals surface area contributed by atoms with E-state index in [-0.39, 0.29) is 5.92 Å². The first-order valence-corrected chi connectivity index (χ1v) is 8.37. The molecule has 1 N–H and O–H groups in total. The smallest absolute Gasteiger partial charge is 0.309 e. The lowest BCUT2D eigenvalue weighted by molar-refractivity contribution is -0.147. The Morgan fingerprint density at radius 3 is 2.50 bits per heavy atom. The highest BCUT2D eigenvalue weighted by Crippen LogP contribution is 2.24. The van der Waals surface area contributed by atoms with Crippen LogP contribution in [0, 0.1) is 5.92 Å². The molecule has 2 aromatic rings. The van der Waals surface area contributed by atoms with E-state index < -0.39 is 5.97 Å². The summed E-state index contributed by atoms with van der Waals surface area (Å²) in [5, 5.41) is 10.1. The molecule has 1 fully saturated rings. The van der Waals surface area contributed by atoms with E-state index in [1.54, 1.807) is 12.1 Å². The zero-order valence-electron chi connectivity index (χ0n) is 12.9. The Bertz CT molecular complexity index is 728. The van der Waals surface area contributed by atoms with Gasteiger partial charge in [-0.1, -0.05) is 41.4 Å². The van der Waals surface area contributed by atoms with E-state index in [4.69, 9.17) is 33.0 Å². The lowest BCUT2D eigenvalue weighted by Crippen LogP contribution is -2.49. The third kappa shape index (κ3) is 4.20. The molecular weight excluding hydrogens is 349 g/mol. The Kier molecular flexibility index (Phi) is 5.29. The Morgan fingerprint density at radius 2 is 1.88 bits per heavy atom. The molecule has 1 heterocycles. The maximum atomic E-state index is 10.8. The van der Waals surface area contributed by atoms with Gasteiger partial charge < -0.3 is 9.84 Å². The van der Waals surface area contributed by atoms with Crippen LogP contribution in [0.15, 0.2) is 42.5 Å². The van der Waals surface area contributed by atoms with E-state index in [2.05, 4.69) is 4.90 Å². The largest absolute Gasteiger partial charge is 0.489 e. The molecule has 0 radical (unpaired) electrons. The van der Waals surface area contributed by atoms with Crippen molar-refractivity contribution < 1.29 is 14.6 Å². The molecule has 2 aromatic carbocycles. The predicted octanol–water partition coefficient (Wildman–Crippen LogP) is 4.09. The lowest BCUT2D eigenvalue weighted by Gasteiger charge is -2.36. The summed E-state index contributed by atoms with van der Waals surface area (Å²) >= 11 is 12.0. The number of aliphatic carboxylic acids is 1. The highest BCUT2D eigenvalue weighted by Gasteiger charge is 2.32. The number of hydrogen-bond donors (Lipinski definition) is 1. The van der Waals surface area contributed by atoms with E-state index in [1.807, 2.05) is 30.3 Å². The molecular formula is C18H17Cl2NO3. The molecule has 0 unspecified atom stereocenters. The van der Waals surface area contributed by atoms with Crippen molar-refractivity contribution in [1.82, 2.24) is 4.90 Å². The maximum Gasteiger partial charge on any atom is 0.309 e. The van der Waals surface area contributed by atoms with Gasteiger partial charge in [0, 0.05) is 35.2 Å². The van der Waals surface area contributed by atoms with E-state index in [9.17, 15) is 4.79 Å². The zero-order chi connectivity index (χ0) is 17.1. The van der Waals surface area contributed by atoms with Crippen LogP contribution < -0.4 is 4.74 Å². The standard InChI is InChI=1S/C18H17Cl2NO3/c19-15-4-3-13(17(20)7-15)11-24-16-5-1-12(2-6-16)8-21-9-14(10-21)18(22)23/h1-7,14H,8-11H2,(H,22,23). The summed E-state index contributed by atoms with van der Waals surface area (Å²) in [5.74, 6) is -0.177. The number of benzene rings is 2. The molecule has 1 saturated heterocycles. The third-order valence-corrected chi connectivity index (χ3v) is 4.63. The van der Waals surface area contributed by atoms with Crippen LogP contribution in [0.5, 0.6) is 5.75 Å². The monoisotopic (exact) mass is 365 g/mol. The second-order valence-corrected chi connectivity index (χ2v) is 6.74. The molecule has 0 bridgehead atoms. The Balaban J connectivity index is 1.50. The van der Waals surface area contributed by atoms with Crippen LogP contribution in [-0.4, -0.2) is 29.1 Å². The summed E-state index contributed by atoms with van der Waals surface area (Å²) in [7, 11) is 0. The molecule has 24 heavy (non-hydrogen) atoms. The van der Waals surface area contributed by atoms with Crippen molar-refractivity contribution in [1.29, 1.82) is 0 Å². The first-order valence-electron chi connectivity index (χ1n) is 7.62. The number of rotatable bonds is 6. The fourth-order valence-corrected chi connectivity index (χ4v) is 3.07. The van der Waals surface area contributed by atoms with Gasteiger partial charge in [-0.15, -0.1) is 0 Å². The van der Waals surface area contributed by atoms with Gasteiger partial charge in [-0.2, -0.15) is 0 Å². The Morgan fingerprint density at radius 1 is 1.17 bits per heavy atom. The lowest BCUT2D eigenvalue weighted by atomic mass is 10.00. The van der Waals surface area contributed by atoms with Gasteiger partial charge in [-0.3, -0.25) is 9.69 Å². The summed E-state index contributed by atoms with van der Waals surface area (Å²) in [5.41, 5.74) is 2.01. The van der Waals surface area contributed by atoms with E-state index in [0.717, 1.165) is 23.4 Å². The van der Waals surface area contributed by atoms with Crippen LogP contribution in [0.25, 0.3) is 0 Å². The van der Waals surface area contributed by atoms with Gasteiger partial charge in [0.1, 0.15) is 12.4 Å². The predicted molar refractivity (Wildman–Crippen MR) is 93.6 cm³/mol. The molecule has 0 atom stereocenters. The average Bonchev–Trinajstić information content (AvgIpc) is 2.50. The Hall–Kier alpha value is -1.75. The minimum atomic E-state index is -0.712. The second kappa shape index (κ2) is 7.43. The zero-order valence-corrected chi connectivity index (χ0v) is 14.4. The number of carbonyl (C=O) groups is 1. The van der Waals surface area contributed by atoms with Gasteiger partial charge in [0.2, 0.25) is 0 Å². The van der Waals surface area contributed by atoms with E-state index in [0.29, 0.717) is 29.7 Å². The highest BCUT2D eigenvalue weighted by molar-refractivity contribution is 6.35. The number of likely N-dealkylation sites (tertiary alicyclic amines) is 1. The summed E-state index contributed by atoms with van der Waals surface area (Å²) in [6.45, 7) is 2.36. The second-order valence-electron chi connectivity index (χ2n) is 5.90. The summed E-state index contributed by atoms with van der Waals surface area (Å²) in [6.07, 6.45) is 0. The minimum Gasteiger partial charge on any atom is -0.489 e. The third-order valence-electron chi connectivity index (χ3n) is 4.05. The topological polar surface area (TPSA) is 49.8 Å². The van der Waals surface area contributed by atoms with Gasteiger partial charge >= 0.3 is 5.97 Å². The normalized spacial score (nSPS) is 15.1. The Labute approximate surface area is 150 Å². The maximum absolute atomic E-state index is 10.8. The minimum absolute atomic E-state index is 0.225. The van der Waals surface area contributed by atoms with Crippen LogP contribution in [-0.2, 0) is 17.9 Å². The van der Waals surface area contributed by atoms with Crippen molar-refractivity contribution in [2.45, 2.75) is 13.2 Å². The van der Waals surface area contributed by atoms with Crippen LogP contribution in [0.4, 0.5) is 0 Å². The van der Waals surface area contributed by atoms with Gasteiger partial charge in [0.25, 0.3) is 0 Å². The number of carboxylic acid groups (broad SMARTS) is 1.